The first-order chi connectivity index (χ1) is 9.85. The van der Waals surface area contributed by atoms with E-state index in [-0.39, 0.29) is 5.82 Å². The van der Waals surface area contributed by atoms with Crippen molar-refractivity contribution in [3.05, 3.63) is 22.2 Å². The van der Waals surface area contributed by atoms with E-state index in [1.165, 1.54) is 6.07 Å². The lowest BCUT2D eigenvalue weighted by molar-refractivity contribution is -0.0773. The van der Waals surface area contributed by atoms with Crippen LogP contribution in [0, 0.1) is 18.2 Å². The summed E-state index contributed by atoms with van der Waals surface area (Å²) in [6.45, 7) is 0.982. The van der Waals surface area contributed by atoms with Gasteiger partial charge in [0.15, 0.2) is 6.23 Å². The average molecular weight is 316 g/mol. The molecule has 9 heteroatoms. The fourth-order valence-corrected chi connectivity index (χ4v) is 2.45. The van der Waals surface area contributed by atoms with Gasteiger partial charge in [0.25, 0.3) is 0 Å². The molecule has 1 aliphatic heterocycles. The number of aliphatic hydroxyl groups excluding tert-OH is 2. The monoisotopic (exact) mass is 315 g/mol. The Hall–Kier alpha value is -1.63. The average Bonchev–Trinajstić information content (AvgIpc) is 2.63. The zero-order chi connectivity index (χ0) is 15.8. The third-order valence-electron chi connectivity index (χ3n) is 3.31. The van der Waals surface area contributed by atoms with Gasteiger partial charge in [0.1, 0.15) is 18.0 Å². The number of rotatable bonds is 2. The van der Waals surface area contributed by atoms with Crippen LogP contribution in [0.2, 0.25) is 0 Å². The van der Waals surface area contributed by atoms with Gasteiger partial charge >= 0.3 is 5.69 Å². The Balaban J connectivity index is 2.61. The van der Waals surface area contributed by atoms with E-state index in [0.29, 0.717) is 5.69 Å². The van der Waals surface area contributed by atoms with Crippen LogP contribution in [0.1, 0.15) is 11.9 Å². The number of nitrogens with two attached hydrogens (primary N) is 1. The number of ether oxygens (including phenoxy) is 1. The number of hydrogen-bond acceptors (Lipinski definition) is 7. The van der Waals surface area contributed by atoms with E-state index in [0.717, 1.165) is 4.57 Å². The highest BCUT2D eigenvalue weighted by Crippen LogP contribution is 2.38. The Morgan fingerprint density at radius 1 is 1.67 bits per heavy atom. The number of nitrogen functional groups attached to an aromatic ring is 1. The van der Waals surface area contributed by atoms with Gasteiger partial charge in [0, 0.05) is 11.1 Å². The molecule has 0 spiro atoms. The predicted octanol–water partition coefficient (Wildman–Crippen LogP) is -1.68. The van der Waals surface area contributed by atoms with E-state index in [4.69, 9.17) is 22.1 Å². The van der Waals surface area contributed by atoms with Gasteiger partial charge in [-0.15, -0.1) is 0 Å². The fourth-order valence-electron chi connectivity index (χ4n) is 2.30. The van der Waals surface area contributed by atoms with Crippen LogP contribution < -0.4 is 11.4 Å². The third kappa shape index (κ3) is 2.50. The van der Waals surface area contributed by atoms with Gasteiger partial charge in [-0.25, -0.2) is 4.79 Å². The van der Waals surface area contributed by atoms with Crippen LogP contribution in [-0.2, 0) is 4.74 Å². The second kappa shape index (κ2) is 5.63. The Morgan fingerprint density at radius 3 is 2.86 bits per heavy atom. The van der Waals surface area contributed by atoms with Crippen molar-refractivity contribution in [1.82, 2.24) is 9.55 Å². The van der Waals surface area contributed by atoms with Gasteiger partial charge in [-0.3, -0.25) is 4.57 Å². The summed E-state index contributed by atoms with van der Waals surface area (Å²) in [6, 6.07) is 1.40. The van der Waals surface area contributed by atoms with Crippen molar-refractivity contribution in [2.24, 2.45) is 0 Å². The maximum Gasteiger partial charge on any atom is 0.351 e. The third-order valence-corrected chi connectivity index (χ3v) is 3.41. The summed E-state index contributed by atoms with van der Waals surface area (Å²) in [5, 5.41) is 31.7. The van der Waals surface area contributed by atoms with Crippen molar-refractivity contribution in [1.29, 1.82) is 0 Å². The number of aliphatic hydroxyl groups is 3. The molecule has 21 heavy (non-hydrogen) atoms. The van der Waals surface area contributed by atoms with Crippen LogP contribution >= 0.6 is 11.6 Å². The molecule has 0 amide bonds. The smallest absolute Gasteiger partial charge is 0.351 e. The lowest BCUT2D eigenvalue weighted by Gasteiger charge is -2.27. The SMILES string of the molecule is Cc1cc(N)nc(=O)n1[C@@H]1O[C@H](CO)[C@H](O)C1(O)C#CCl. The molecule has 5 N–H and O–H groups in total. The van der Waals surface area contributed by atoms with Gasteiger partial charge < -0.3 is 25.8 Å². The first-order valence-electron chi connectivity index (χ1n) is 6.00. The fraction of sp³-hybridized carbons (Fsp3) is 0.500. The van der Waals surface area contributed by atoms with E-state index < -0.39 is 36.3 Å². The van der Waals surface area contributed by atoms with Crippen LogP contribution in [0.5, 0.6) is 0 Å². The van der Waals surface area contributed by atoms with Gasteiger partial charge in [-0.2, -0.15) is 4.98 Å². The largest absolute Gasteiger partial charge is 0.394 e. The van der Waals surface area contributed by atoms with Crippen LogP contribution in [0.25, 0.3) is 0 Å². The highest BCUT2D eigenvalue weighted by atomic mass is 35.5. The molecule has 1 unspecified atom stereocenters. The second-order valence-corrected chi connectivity index (χ2v) is 4.86. The summed E-state index contributed by atoms with van der Waals surface area (Å²) >= 11 is 5.31. The van der Waals surface area contributed by atoms with Crippen LogP contribution in [0.4, 0.5) is 5.82 Å². The quantitative estimate of drug-likeness (QED) is 0.479. The summed E-state index contributed by atoms with van der Waals surface area (Å²) in [5.74, 6) is 2.23. The van der Waals surface area contributed by atoms with Crippen LogP contribution in [0.15, 0.2) is 10.9 Å². The molecule has 8 nitrogen and oxygen atoms in total. The Labute approximate surface area is 124 Å². The highest BCUT2D eigenvalue weighted by Gasteiger charge is 2.56. The van der Waals surface area contributed by atoms with Crippen molar-refractivity contribution in [3.8, 4) is 11.3 Å². The summed E-state index contributed by atoms with van der Waals surface area (Å²) < 4.78 is 6.35. The lowest BCUT2D eigenvalue weighted by atomic mass is 9.95. The first-order valence-corrected chi connectivity index (χ1v) is 6.38. The Bertz CT molecular complexity index is 667. The minimum absolute atomic E-state index is 0.0120. The molecule has 0 radical (unpaired) electrons. The molecular formula is C12H14ClN3O5. The first kappa shape index (κ1) is 15.8. The van der Waals surface area contributed by atoms with Crippen molar-refractivity contribution in [2.75, 3.05) is 12.3 Å². The number of anilines is 1. The molecule has 2 heterocycles. The second-order valence-electron chi connectivity index (χ2n) is 4.67. The van der Waals surface area contributed by atoms with Crippen molar-refractivity contribution < 1.29 is 20.1 Å². The Kier molecular flexibility index (Phi) is 4.22. The number of nitrogens with zero attached hydrogens (tertiary/aromatic N) is 2. The van der Waals surface area contributed by atoms with E-state index in [1.807, 2.05) is 5.38 Å². The van der Waals surface area contributed by atoms with Crippen molar-refractivity contribution >= 4 is 17.4 Å². The molecule has 1 aliphatic rings. The van der Waals surface area contributed by atoms with Gasteiger partial charge in [-0.05, 0) is 30.5 Å². The molecule has 1 saturated heterocycles. The molecular weight excluding hydrogens is 302 g/mol. The van der Waals surface area contributed by atoms with E-state index >= 15 is 0 Å². The summed E-state index contributed by atoms with van der Waals surface area (Å²) in [5.41, 5.74) is 2.87. The topological polar surface area (TPSA) is 131 Å². The van der Waals surface area contributed by atoms with Gasteiger partial charge in [-0.1, -0.05) is 0 Å². The number of aryl methyl sites for hydroxylation is 1. The molecule has 2 rings (SSSR count). The number of halogens is 1. The molecule has 0 aliphatic carbocycles. The van der Waals surface area contributed by atoms with Gasteiger partial charge in [0.05, 0.1) is 6.61 Å². The minimum Gasteiger partial charge on any atom is -0.394 e. The Morgan fingerprint density at radius 2 is 2.33 bits per heavy atom. The normalized spacial score (nSPS) is 31.8. The van der Waals surface area contributed by atoms with E-state index in [9.17, 15) is 20.1 Å². The molecule has 4 atom stereocenters. The van der Waals surface area contributed by atoms with Crippen molar-refractivity contribution in [3.63, 3.8) is 0 Å². The standard InChI is InChI=1S/C12H14ClN3O5/c1-6-4-8(14)15-11(19)16(6)10-12(20,2-3-13)9(18)7(5-17)21-10/h4,7,9-10,17-18,20H,5H2,1H3,(H2,14,15,19)/t7-,9+,10-,12?/m1/s1. The molecule has 0 aromatic carbocycles. The molecule has 1 aromatic rings. The number of hydrogen-bond donors (Lipinski definition) is 4. The van der Waals surface area contributed by atoms with Gasteiger partial charge in [0.2, 0.25) is 5.60 Å². The maximum atomic E-state index is 12.0. The minimum atomic E-state index is -2.17. The molecule has 0 bridgehead atoms. The zero-order valence-electron chi connectivity index (χ0n) is 11.0. The van der Waals surface area contributed by atoms with E-state index in [1.54, 1.807) is 6.92 Å². The van der Waals surface area contributed by atoms with Crippen molar-refractivity contribution in [2.45, 2.75) is 31.0 Å². The van der Waals surface area contributed by atoms with E-state index in [2.05, 4.69) is 10.9 Å². The highest BCUT2D eigenvalue weighted by molar-refractivity contribution is 6.30. The maximum absolute atomic E-state index is 12.0. The molecule has 0 saturated carbocycles. The van der Waals surface area contributed by atoms with Crippen LogP contribution in [-0.4, -0.2) is 49.3 Å². The summed E-state index contributed by atoms with van der Waals surface area (Å²) in [7, 11) is 0. The molecule has 1 fully saturated rings. The lowest BCUT2D eigenvalue weighted by Crippen LogP contribution is -2.48. The molecule has 114 valence electrons. The zero-order valence-corrected chi connectivity index (χ0v) is 11.8. The summed E-state index contributed by atoms with van der Waals surface area (Å²) in [6.07, 6.45) is -4.06. The van der Waals surface area contributed by atoms with Crippen LogP contribution in [0.3, 0.4) is 0 Å². The summed E-state index contributed by atoms with van der Waals surface area (Å²) in [4.78, 5) is 15.5. The number of aromatic nitrogens is 2. The predicted molar refractivity (Wildman–Crippen MR) is 73.2 cm³/mol. The molecule has 1 aromatic heterocycles.